The van der Waals surface area contributed by atoms with Crippen LogP contribution < -0.4 is 4.90 Å². The lowest BCUT2D eigenvalue weighted by Crippen LogP contribution is -2.49. The maximum atomic E-state index is 12.6. The Hall–Kier alpha value is -2.67. The molecule has 0 unspecified atom stereocenters. The molecule has 0 saturated carbocycles. The number of hydrogen-bond donors (Lipinski definition) is 0. The second kappa shape index (κ2) is 7.92. The van der Waals surface area contributed by atoms with Crippen molar-refractivity contribution in [2.45, 2.75) is 6.42 Å². The first-order valence-corrected chi connectivity index (χ1v) is 9.64. The molecule has 27 heavy (non-hydrogen) atoms. The Kier molecular flexibility index (Phi) is 5.20. The summed E-state index contributed by atoms with van der Waals surface area (Å²) in [4.78, 5) is 16.7. The summed E-state index contributed by atoms with van der Waals surface area (Å²) >= 11 is 3.43. The molecule has 0 aliphatic carbocycles. The predicted molar refractivity (Wildman–Crippen MR) is 106 cm³/mol. The van der Waals surface area contributed by atoms with E-state index in [0.717, 1.165) is 23.1 Å². The van der Waals surface area contributed by atoms with Crippen molar-refractivity contribution in [1.82, 2.24) is 15.1 Å². The number of aromatic nitrogens is 2. The molecule has 1 saturated heterocycles. The first kappa shape index (κ1) is 17.7. The minimum Gasteiger partial charge on any atom is -0.420 e. The molecule has 2 aromatic carbocycles. The highest BCUT2D eigenvalue weighted by Gasteiger charge is 2.23. The molecule has 0 bridgehead atoms. The van der Waals surface area contributed by atoms with Crippen molar-refractivity contribution in [1.29, 1.82) is 0 Å². The van der Waals surface area contributed by atoms with Crippen LogP contribution in [0.2, 0.25) is 0 Å². The maximum Gasteiger partial charge on any atom is 0.247 e. The van der Waals surface area contributed by atoms with Crippen molar-refractivity contribution in [3.05, 3.63) is 65.0 Å². The fourth-order valence-corrected chi connectivity index (χ4v) is 3.56. The summed E-state index contributed by atoms with van der Waals surface area (Å²) in [5.74, 6) is 0.792. The van der Waals surface area contributed by atoms with Gasteiger partial charge in [0.1, 0.15) is 6.42 Å². The normalized spacial score (nSPS) is 14.4. The molecule has 3 aromatic rings. The van der Waals surface area contributed by atoms with E-state index in [-0.39, 0.29) is 12.3 Å². The monoisotopic (exact) mass is 426 g/mol. The molecule has 2 heterocycles. The average molecular weight is 427 g/mol. The van der Waals surface area contributed by atoms with Crippen molar-refractivity contribution in [3.63, 3.8) is 0 Å². The molecule has 0 atom stereocenters. The van der Waals surface area contributed by atoms with Gasteiger partial charge in [-0.15, -0.1) is 10.2 Å². The number of anilines is 1. The smallest absolute Gasteiger partial charge is 0.247 e. The number of para-hydroxylation sites is 1. The quantitative estimate of drug-likeness (QED) is 0.639. The molecule has 138 valence electrons. The lowest BCUT2D eigenvalue weighted by Gasteiger charge is -2.36. The number of carbonyl (C=O) groups excluding carboxylic acids is 1. The Balaban J connectivity index is 1.35. The number of hydrogen-bond acceptors (Lipinski definition) is 5. The highest BCUT2D eigenvalue weighted by atomic mass is 79.9. The van der Waals surface area contributed by atoms with Crippen molar-refractivity contribution < 1.29 is 9.21 Å². The van der Waals surface area contributed by atoms with Gasteiger partial charge < -0.3 is 14.2 Å². The van der Waals surface area contributed by atoms with Crippen molar-refractivity contribution in [2.75, 3.05) is 31.1 Å². The van der Waals surface area contributed by atoms with E-state index in [1.165, 1.54) is 5.69 Å². The molecule has 6 nitrogen and oxygen atoms in total. The second-order valence-electron chi connectivity index (χ2n) is 6.39. The van der Waals surface area contributed by atoms with Gasteiger partial charge in [-0.1, -0.05) is 40.2 Å². The molecule has 1 aliphatic rings. The molecule has 1 amide bonds. The minimum absolute atomic E-state index is 0.0205. The summed E-state index contributed by atoms with van der Waals surface area (Å²) in [5, 5.41) is 8.09. The van der Waals surface area contributed by atoms with Crippen LogP contribution in [0.1, 0.15) is 5.89 Å². The first-order valence-electron chi connectivity index (χ1n) is 8.85. The fraction of sp³-hybridized carbons (Fsp3) is 0.250. The van der Waals surface area contributed by atoms with Gasteiger partial charge in [-0.25, -0.2) is 0 Å². The molecule has 7 heteroatoms. The van der Waals surface area contributed by atoms with E-state index in [2.05, 4.69) is 43.2 Å². The lowest BCUT2D eigenvalue weighted by atomic mass is 10.2. The zero-order chi connectivity index (χ0) is 18.6. The largest absolute Gasteiger partial charge is 0.420 e. The maximum absolute atomic E-state index is 12.6. The molecule has 4 rings (SSSR count). The number of amides is 1. The van der Waals surface area contributed by atoms with Gasteiger partial charge >= 0.3 is 0 Å². The van der Waals surface area contributed by atoms with E-state index in [0.29, 0.717) is 24.9 Å². The zero-order valence-electron chi connectivity index (χ0n) is 14.7. The van der Waals surface area contributed by atoms with Gasteiger partial charge in [0.15, 0.2) is 0 Å². The van der Waals surface area contributed by atoms with Crippen molar-refractivity contribution >= 4 is 27.5 Å². The Morgan fingerprint density at radius 3 is 2.52 bits per heavy atom. The Morgan fingerprint density at radius 2 is 1.78 bits per heavy atom. The number of rotatable bonds is 4. The highest BCUT2D eigenvalue weighted by Crippen LogP contribution is 2.22. The molecule has 1 fully saturated rings. The Morgan fingerprint density at radius 1 is 1.00 bits per heavy atom. The third-order valence-corrected chi connectivity index (χ3v) is 5.09. The topological polar surface area (TPSA) is 62.5 Å². The molecular formula is C20H19BrN4O2. The van der Waals surface area contributed by atoms with Gasteiger partial charge in [-0.05, 0) is 30.3 Å². The number of carbonyl (C=O) groups is 1. The van der Waals surface area contributed by atoms with Crippen LogP contribution in [0.5, 0.6) is 0 Å². The van der Waals surface area contributed by atoms with Crippen molar-refractivity contribution in [3.8, 4) is 11.5 Å². The van der Waals surface area contributed by atoms with Gasteiger partial charge in [0.05, 0.1) is 0 Å². The average Bonchev–Trinajstić information content (AvgIpc) is 3.17. The number of halogens is 1. The second-order valence-corrected chi connectivity index (χ2v) is 7.31. The minimum atomic E-state index is 0.0205. The third-order valence-electron chi connectivity index (χ3n) is 4.59. The molecular weight excluding hydrogens is 408 g/mol. The summed E-state index contributed by atoms with van der Waals surface area (Å²) < 4.78 is 6.61. The van der Waals surface area contributed by atoms with E-state index in [4.69, 9.17) is 4.42 Å². The van der Waals surface area contributed by atoms with Crippen LogP contribution in [0.15, 0.2) is 63.5 Å². The fourth-order valence-electron chi connectivity index (χ4n) is 3.16. The van der Waals surface area contributed by atoms with Gasteiger partial charge in [-0.3, -0.25) is 4.79 Å². The molecule has 1 aliphatic heterocycles. The summed E-state index contributed by atoms with van der Waals surface area (Å²) in [7, 11) is 0. The van der Waals surface area contributed by atoms with Crippen LogP contribution in [0, 0.1) is 0 Å². The molecule has 1 aromatic heterocycles. The van der Waals surface area contributed by atoms with Crippen LogP contribution in [-0.2, 0) is 11.2 Å². The predicted octanol–water partition coefficient (Wildman–Crippen LogP) is 3.39. The first-order chi connectivity index (χ1) is 13.2. The summed E-state index contributed by atoms with van der Waals surface area (Å²) in [6.07, 6.45) is 0.131. The Labute approximate surface area is 165 Å². The van der Waals surface area contributed by atoms with E-state index in [1.807, 2.05) is 47.4 Å². The Bertz CT molecular complexity index is 920. The summed E-state index contributed by atoms with van der Waals surface area (Å²) in [5.41, 5.74) is 2.02. The van der Waals surface area contributed by atoms with Crippen LogP contribution in [0.3, 0.4) is 0 Å². The van der Waals surface area contributed by atoms with Crippen LogP contribution in [-0.4, -0.2) is 47.2 Å². The van der Waals surface area contributed by atoms with E-state index < -0.39 is 0 Å². The standard InChI is InChI=1S/C20H19BrN4O2/c21-16-6-4-5-15(13-16)20-23-22-18(27-20)14-19(26)25-11-9-24(10-12-25)17-7-2-1-3-8-17/h1-8,13H,9-12,14H2. The molecule has 0 radical (unpaired) electrons. The number of benzene rings is 2. The highest BCUT2D eigenvalue weighted by molar-refractivity contribution is 9.10. The van der Waals surface area contributed by atoms with E-state index in [9.17, 15) is 4.79 Å². The van der Waals surface area contributed by atoms with Gasteiger partial charge in [0, 0.05) is 41.9 Å². The van der Waals surface area contributed by atoms with Crippen LogP contribution >= 0.6 is 15.9 Å². The van der Waals surface area contributed by atoms with Gasteiger partial charge in [0.25, 0.3) is 0 Å². The van der Waals surface area contributed by atoms with E-state index >= 15 is 0 Å². The number of piperazine rings is 1. The number of nitrogens with zero attached hydrogens (tertiary/aromatic N) is 4. The van der Waals surface area contributed by atoms with Crippen LogP contribution in [0.4, 0.5) is 5.69 Å². The molecule has 0 spiro atoms. The van der Waals surface area contributed by atoms with Gasteiger partial charge in [0.2, 0.25) is 17.7 Å². The van der Waals surface area contributed by atoms with Gasteiger partial charge in [-0.2, -0.15) is 0 Å². The third kappa shape index (κ3) is 4.19. The lowest BCUT2D eigenvalue weighted by molar-refractivity contribution is -0.131. The molecule has 0 N–H and O–H groups in total. The van der Waals surface area contributed by atoms with E-state index in [1.54, 1.807) is 0 Å². The SMILES string of the molecule is O=C(Cc1nnc(-c2cccc(Br)c2)o1)N1CCN(c2ccccc2)CC1. The summed E-state index contributed by atoms with van der Waals surface area (Å²) in [6, 6.07) is 17.9. The summed E-state index contributed by atoms with van der Waals surface area (Å²) in [6.45, 7) is 3.03. The van der Waals surface area contributed by atoms with Crippen molar-refractivity contribution in [2.24, 2.45) is 0 Å². The van der Waals surface area contributed by atoms with Crippen LogP contribution in [0.25, 0.3) is 11.5 Å². The zero-order valence-corrected chi connectivity index (χ0v) is 16.3.